The van der Waals surface area contributed by atoms with Crippen molar-refractivity contribution >= 4 is 23.1 Å². The lowest BCUT2D eigenvalue weighted by Crippen LogP contribution is -2.06. The molecule has 3 aromatic rings. The Labute approximate surface area is 164 Å². The summed E-state index contributed by atoms with van der Waals surface area (Å²) in [6.45, 7) is 1.91. The van der Waals surface area contributed by atoms with E-state index in [2.05, 4.69) is 12.1 Å². The largest absolute Gasteiger partial charge is 0.496 e. The molecule has 136 valence electrons. The van der Waals surface area contributed by atoms with Crippen molar-refractivity contribution in [2.24, 2.45) is 0 Å². The van der Waals surface area contributed by atoms with E-state index in [1.807, 2.05) is 79.7 Å². The Morgan fingerprint density at radius 3 is 2.11 bits per heavy atom. The summed E-state index contributed by atoms with van der Waals surface area (Å²) < 4.78 is 5.56. The van der Waals surface area contributed by atoms with Crippen LogP contribution in [0.4, 0.5) is 0 Å². The number of allylic oxidation sites excluding steroid dienone is 1. The van der Waals surface area contributed by atoms with Gasteiger partial charge in [-0.1, -0.05) is 66.7 Å². The number of para-hydroxylation sites is 1. The molecule has 0 spiro atoms. The van der Waals surface area contributed by atoms with Gasteiger partial charge in [0.25, 0.3) is 0 Å². The highest BCUT2D eigenvalue weighted by Crippen LogP contribution is 2.34. The summed E-state index contributed by atoms with van der Waals surface area (Å²) in [7, 11) is 1.66. The molecule has 0 unspecified atom stereocenters. The lowest BCUT2D eigenvalue weighted by atomic mass is 9.95. The predicted octanol–water partition coefficient (Wildman–Crippen LogP) is 6.14. The summed E-state index contributed by atoms with van der Waals surface area (Å²) in [5, 5.41) is 0. The van der Waals surface area contributed by atoms with Crippen LogP contribution in [0.5, 0.6) is 5.75 Å². The number of ether oxygens (including phenoxy) is 1. The molecule has 0 atom stereocenters. The molecule has 27 heavy (non-hydrogen) atoms. The van der Waals surface area contributed by atoms with Crippen LogP contribution in [-0.4, -0.2) is 18.6 Å². The van der Waals surface area contributed by atoms with Crippen molar-refractivity contribution in [2.45, 2.75) is 11.8 Å². The maximum absolute atomic E-state index is 13.1. The van der Waals surface area contributed by atoms with Crippen molar-refractivity contribution in [1.82, 2.24) is 0 Å². The molecule has 0 saturated carbocycles. The molecule has 3 heteroatoms. The first-order valence-electron chi connectivity index (χ1n) is 8.81. The lowest BCUT2D eigenvalue weighted by molar-refractivity contribution is 0.103. The van der Waals surface area contributed by atoms with Gasteiger partial charge in [0.2, 0.25) is 0 Å². The van der Waals surface area contributed by atoms with Crippen molar-refractivity contribution in [3.63, 3.8) is 0 Å². The topological polar surface area (TPSA) is 26.3 Å². The second kappa shape index (κ2) is 9.24. The molecule has 3 rings (SSSR count). The van der Waals surface area contributed by atoms with E-state index in [0.29, 0.717) is 11.3 Å². The van der Waals surface area contributed by atoms with Gasteiger partial charge in [0.05, 0.1) is 7.11 Å². The summed E-state index contributed by atoms with van der Waals surface area (Å²) in [6, 6.07) is 27.5. The Balaban J connectivity index is 2.02. The number of Topliss-reactive ketones (excluding diaryl/α,β-unsaturated/α-hetero) is 1. The molecule has 3 aromatic carbocycles. The number of thioether (sulfide) groups is 1. The number of carbonyl (C=O) groups excluding carboxylic acids is 1. The first-order chi connectivity index (χ1) is 13.2. The number of carbonyl (C=O) groups is 1. The van der Waals surface area contributed by atoms with E-state index >= 15 is 0 Å². The average molecular weight is 375 g/mol. The van der Waals surface area contributed by atoms with Gasteiger partial charge < -0.3 is 4.74 Å². The van der Waals surface area contributed by atoms with Gasteiger partial charge in [-0.25, -0.2) is 0 Å². The Kier molecular flexibility index (Phi) is 6.50. The highest BCUT2D eigenvalue weighted by molar-refractivity contribution is 7.99. The zero-order valence-electron chi connectivity index (χ0n) is 15.5. The fourth-order valence-corrected chi connectivity index (χ4v) is 3.93. The molecule has 0 N–H and O–H groups in total. The van der Waals surface area contributed by atoms with Crippen LogP contribution in [0.25, 0.3) is 5.57 Å². The molecule has 0 radical (unpaired) electrons. The molecule has 0 aliphatic heterocycles. The standard InChI is InChI=1S/C24H22O2S/c1-18(24(25)19-11-5-3-6-12-19)22(17-27-20-13-7-4-8-14-20)21-15-9-10-16-23(21)26-2/h3-16H,17H2,1-2H3/b22-18-. The van der Waals surface area contributed by atoms with E-state index in [1.165, 1.54) is 4.90 Å². The second-order valence-corrected chi connectivity index (χ2v) is 7.15. The van der Waals surface area contributed by atoms with Crippen LogP contribution in [0.2, 0.25) is 0 Å². The summed E-state index contributed by atoms with van der Waals surface area (Å²) in [6.07, 6.45) is 0. The van der Waals surface area contributed by atoms with Gasteiger partial charge in [-0.2, -0.15) is 0 Å². The Morgan fingerprint density at radius 2 is 1.44 bits per heavy atom. The predicted molar refractivity (Wildman–Crippen MR) is 114 cm³/mol. The zero-order valence-corrected chi connectivity index (χ0v) is 16.3. The van der Waals surface area contributed by atoms with E-state index in [9.17, 15) is 4.79 Å². The minimum atomic E-state index is 0.0465. The third kappa shape index (κ3) is 4.69. The Morgan fingerprint density at radius 1 is 0.852 bits per heavy atom. The quantitative estimate of drug-likeness (QED) is 0.282. The van der Waals surface area contributed by atoms with Gasteiger partial charge in [-0.3, -0.25) is 4.79 Å². The van der Waals surface area contributed by atoms with Crippen molar-refractivity contribution in [1.29, 1.82) is 0 Å². The summed E-state index contributed by atoms with van der Waals surface area (Å²) >= 11 is 1.72. The smallest absolute Gasteiger partial charge is 0.189 e. The maximum atomic E-state index is 13.1. The maximum Gasteiger partial charge on any atom is 0.189 e. The molecule has 0 aliphatic rings. The van der Waals surface area contributed by atoms with E-state index in [4.69, 9.17) is 4.74 Å². The highest BCUT2D eigenvalue weighted by Gasteiger charge is 2.17. The molecule has 2 nitrogen and oxygen atoms in total. The molecule has 0 amide bonds. The first kappa shape index (κ1) is 19.0. The van der Waals surface area contributed by atoms with Crippen molar-refractivity contribution in [3.05, 3.63) is 102 Å². The number of rotatable bonds is 7. The second-order valence-electron chi connectivity index (χ2n) is 6.10. The molecular weight excluding hydrogens is 352 g/mol. The number of hydrogen-bond donors (Lipinski definition) is 0. The van der Waals surface area contributed by atoms with Gasteiger partial charge in [-0.15, -0.1) is 11.8 Å². The molecule has 0 aromatic heterocycles. The van der Waals surface area contributed by atoms with Crippen LogP contribution in [-0.2, 0) is 0 Å². The SMILES string of the molecule is COc1ccccc1/C(CSc1ccccc1)=C(/C)C(=O)c1ccccc1. The number of ketones is 1. The molecule has 0 saturated heterocycles. The van der Waals surface area contributed by atoms with E-state index in [0.717, 1.165) is 22.5 Å². The van der Waals surface area contributed by atoms with Gasteiger partial charge in [0.15, 0.2) is 5.78 Å². The van der Waals surface area contributed by atoms with Crippen LogP contribution in [0.3, 0.4) is 0 Å². The number of methoxy groups -OCH3 is 1. The third-order valence-electron chi connectivity index (χ3n) is 4.39. The van der Waals surface area contributed by atoms with Crippen LogP contribution >= 0.6 is 11.8 Å². The van der Waals surface area contributed by atoms with Gasteiger partial charge >= 0.3 is 0 Å². The van der Waals surface area contributed by atoms with Crippen LogP contribution in [0.1, 0.15) is 22.8 Å². The zero-order chi connectivity index (χ0) is 19.1. The fraction of sp³-hybridized carbons (Fsp3) is 0.125. The average Bonchev–Trinajstić information content (AvgIpc) is 2.75. The summed E-state index contributed by atoms with van der Waals surface area (Å²) in [5.74, 6) is 1.51. The highest BCUT2D eigenvalue weighted by atomic mass is 32.2. The van der Waals surface area contributed by atoms with Crippen molar-refractivity contribution in [2.75, 3.05) is 12.9 Å². The van der Waals surface area contributed by atoms with Gasteiger partial charge in [-0.05, 0) is 30.7 Å². The van der Waals surface area contributed by atoms with Crippen molar-refractivity contribution < 1.29 is 9.53 Å². The molecule has 0 bridgehead atoms. The van der Waals surface area contributed by atoms with Crippen LogP contribution in [0.15, 0.2) is 95.4 Å². The number of benzene rings is 3. The van der Waals surface area contributed by atoms with E-state index in [1.54, 1.807) is 18.9 Å². The van der Waals surface area contributed by atoms with E-state index < -0.39 is 0 Å². The Hall–Kier alpha value is -2.78. The van der Waals surface area contributed by atoms with Crippen LogP contribution in [0, 0.1) is 0 Å². The summed E-state index contributed by atoms with van der Waals surface area (Å²) in [4.78, 5) is 14.2. The normalized spacial score (nSPS) is 11.6. The monoisotopic (exact) mass is 374 g/mol. The molecule has 0 heterocycles. The number of hydrogen-bond acceptors (Lipinski definition) is 3. The first-order valence-corrected chi connectivity index (χ1v) is 9.80. The fourth-order valence-electron chi connectivity index (χ4n) is 2.90. The molecular formula is C24H22O2S. The summed E-state index contributed by atoms with van der Waals surface area (Å²) in [5.41, 5.74) is 3.40. The molecule has 0 fully saturated rings. The Bertz CT molecular complexity index is 931. The van der Waals surface area contributed by atoms with Gasteiger partial charge in [0, 0.05) is 27.3 Å². The van der Waals surface area contributed by atoms with Crippen LogP contribution < -0.4 is 4.74 Å². The van der Waals surface area contributed by atoms with E-state index in [-0.39, 0.29) is 5.78 Å². The molecule has 0 aliphatic carbocycles. The third-order valence-corrected chi connectivity index (χ3v) is 5.43. The minimum absolute atomic E-state index is 0.0465. The lowest BCUT2D eigenvalue weighted by Gasteiger charge is -2.15. The minimum Gasteiger partial charge on any atom is -0.496 e. The van der Waals surface area contributed by atoms with Gasteiger partial charge in [0.1, 0.15) is 5.75 Å². The van der Waals surface area contributed by atoms with Crippen molar-refractivity contribution in [3.8, 4) is 5.75 Å².